The molecule has 0 radical (unpaired) electrons. The molecule has 2 atom stereocenters. The lowest BCUT2D eigenvalue weighted by molar-refractivity contribution is -0.124. The first-order valence-electron chi connectivity index (χ1n) is 7.34. The Morgan fingerprint density at radius 3 is 3.00 bits per heavy atom. The minimum Gasteiger partial charge on any atom is -0.376 e. The highest BCUT2D eigenvalue weighted by Gasteiger charge is 2.38. The maximum absolute atomic E-state index is 12.6. The summed E-state index contributed by atoms with van der Waals surface area (Å²) in [6.45, 7) is 5.37. The SMILES string of the molecule is CCC1CN(C2CCN(c3cnn(C)c3)C2=O)CCO1. The van der Waals surface area contributed by atoms with Crippen LogP contribution in [0.25, 0.3) is 0 Å². The van der Waals surface area contributed by atoms with Crippen molar-refractivity contribution in [2.75, 3.05) is 31.1 Å². The Morgan fingerprint density at radius 2 is 2.30 bits per heavy atom. The zero-order valence-corrected chi connectivity index (χ0v) is 12.2. The molecular weight excluding hydrogens is 256 g/mol. The maximum atomic E-state index is 12.6. The normalized spacial score (nSPS) is 28.3. The molecule has 0 aromatic carbocycles. The highest BCUT2D eigenvalue weighted by molar-refractivity contribution is 5.99. The number of amides is 1. The first-order valence-corrected chi connectivity index (χ1v) is 7.34. The van der Waals surface area contributed by atoms with Crippen LogP contribution < -0.4 is 4.90 Å². The van der Waals surface area contributed by atoms with Crippen LogP contribution >= 0.6 is 0 Å². The summed E-state index contributed by atoms with van der Waals surface area (Å²) in [6.07, 6.45) is 5.82. The Morgan fingerprint density at radius 1 is 1.45 bits per heavy atom. The number of nitrogens with zero attached hydrogens (tertiary/aromatic N) is 4. The molecule has 2 unspecified atom stereocenters. The van der Waals surface area contributed by atoms with Gasteiger partial charge in [-0.15, -0.1) is 0 Å². The minimum atomic E-state index is 0.00755. The van der Waals surface area contributed by atoms with Crippen molar-refractivity contribution in [3.05, 3.63) is 12.4 Å². The molecule has 2 aliphatic heterocycles. The summed E-state index contributed by atoms with van der Waals surface area (Å²) >= 11 is 0. The Labute approximate surface area is 119 Å². The van der Waals surface area contributed by atoms with Crippen LogP contribution in [0.3, 0.4) is 0 Å². The van der Waals surface area contributed by atoms with E-state index in [0.717, 1.165) is 44.8 Å². The summed E-state index contributed by atoms with van der Waals surface area (Å²) in [4.78, 5) is 16.8. The Hall–Kier alpha value is -1.40. The van der Waals surface area contributed by atoms with E-state index in [1.165, 1.54) is 0 Å². The maximum Gasteiger partial charge on any atom is 0.244 e. The molecule has 1 aromatic rings. The van der Waals surface area contributed by atoms with Gasteiger partial charge in [-0.05, 0) is 12.8 Å². The van der Waals surface area contributed by atoms with Gasteiger partial charge in [-0.25, -0.2) is 0 Å². The lowest BCUT2D eigenvalue weighted by atomic mass is 10.1. The molecule has 0 saturated carbocycles. The third kappa shape index (κ3) is 2.45. The van der Waals surface area contributed by atoms with Crippen LogP contribution in [0.4, 0.5) is 5.69 Å². The Kier molecular flexibility index (Phi) is 3.76. The van der Waals surface area contributed by atoms with E-state index in [9.17, 15) is 4.79 Å². The molecular formula is C14H22N4O2. The number of hydrogen-bond donors (Lipinski definition) is 0. The lowest BCUT2D eigenvalue weighted by Crippen LogP contribution is -2.50. The average Bonchev–Trinajstić information content (AvgIpc) is 3.05. The van der Waals surface area contributed by atoms with Crippen LogP contribution in [0.1, 0.15) is 19.8 Å². The molecule has 2 aliphatic rings. The largest absolute Gasteiger partial charge is 0.376 e. The number of aryl methyl sites for hydroxylation is 1. The molecule has 6 heteroatoms. The first-order chi connectivity index (χ1) is 9.69. The molecule has 1 aromatic heterocycles. The molecule has 3 heterocycles. The molecule has 20 heavy (non-hydrogen) atoms. The van der Waals surface area contributed by atoms with Gasteiger partial charge in [-0.1, -0.05) is 6.92 Å². The van der Waals surface area contributed by atoms with Crippen molar-refractivity contribution in [1.29, 1.82) is 0 Å². The number of carbonyl (C=O) groups is 1. The van der Waals surface area contributed by atoms with E-state index in [-0.39, 0.29) is 18.1 Å². The Balaban J connectivity index is 1.69. The molecule has 6 nitrogen and oxygen atoms in total. The molecule has 3 rings (SSSR count). The molecule has 0 bridgehead atoms. The van der Waals surface area contributed by atoms with Crippen molar-refractivity contribution < 1.29 is 9.53 Å². The zero-order valence-electron chi connectivity index (χ0n) is 12.2. The third-order valence-corrected chi connectivity index (χ3v) is 4.25. The van der Waals surface area contributed by atoms with Crippen molar-refractivity contribution in [3.8, 4) is 0 Å². The monoisotopic (exact) mass is 278 g/mol. The summed E-state index contributed by atoms with van der Waals surface area (Å²) in [7, 11) is 1.87. The van der Waals surface area contributed by atoms with Crippen LogP contribution in [0.5, 0.6) is 0 Å². The van der Waals surface area contributed by atoms with Gasteiger partial charge in [0.2, 0.25) is 5.91 Å². The second kappa shape index (κ2) is 5.54. The van der Waals surface area contributed by atoms with Gasteiger partial charge < -0.3 is 9.64 Å². The smallest absolute Gasteiger partial charge is 0.244 e. The molecule has 2 saturated heterocycles. The van der Waals surface area contributed by atoms with E-state index in [1.54, 1.807) is 10.9 Å². The fourth-order valence-electron chi connectivity index (χ4n) is 3.08. The molecule has 2 fully saturated rings. The number of rotatable bonds is 3. The van der Waals surface area contributed by atoms with E-state index >= 15 is 0 Å². The number of anilines is 1. The van der Waals surface area contributed by atoms with E-state index in [1.807, 2.05) is 18.1 Å². The molecule has 0 aliphatic carbocycles. The highest BCUT2D eigenvalue weighted by atomic mass is 16.5. The van der Waals surface area contributed by atoms with Gasteiger partial charge in [-0.3, -0.25) is 14.4 Å². The topological polar surface area (TPSA) is 50.6 Å². The zero-order chi connectivity index (χ0) is 14.1. The first kappa shape index (κ1) is 13.6. The van der Waals surface area contributed by atoms with Crippen LogP contribution in [0.15, 0.2) is 12.4 Å². The number of hydrogen-bond acceptors (Lipinski definition) is 4. The van der Waals surface area contributed by atoms with Gasteiger partial charge in [0.05, 0.1) is 30.6 Å². The van der Waals surface area contributed by atoms with Gasteiger partial charge in [0.15, 0.2) is 0 Å². The summed E-state index contributed by atoms with van der Waals surface area (Å²) in [6, 6.07) is 0.00755. The minimum absolute atomic E-state index is 0.00755. The molecule has 0 N–H and O–H groups in total. The second-order valence-corrected chi connectivity index (χ2v) is 5.56. The number of aromatic nitrogens is 2. The van der Waals surface area contributed by atoms with Crippen LogP contribution in [-0.4, -0.2) is 59.0 Å². The Bertz CT molecular complexity index is 487. The fourth-order valence-corrected chi connectivity index (χ4v) is 3.08. The molecule has 0 spiro atoms. The average molecular weight is 278 g/mol. The number of ether oxygens (including phenoxy) is 1. The van der Waals surface area contributed by atoms with Gasteiger partial charge in [-0.2, -0.15) is 5.10 Å². The number of carbonyl (C=O) groups excluding carboxylic acids is 1. The van der Waals surface area contributed by atoms with Crippen LogP contribution in [0, 0.1) is 0 Å². The quantitative estimate of drug-likeness (QED) is 0.814. The highest BCUT2D eigenvalue weighted by Crippen LogP contribution is 2.25. The number of morpholine rings is 1. The lowest BCUT2D eigenvalue weighted by Gasteiger charge is -2.35. The van der Waals surface area contributed by atoms with Crippen molar-refractivity contribution in [2.24, 2.45) is 7.05 Å². The van der Waals surface area contributed by atoms with Gasteiger partial charge in [0.1, 0.15) is 0 Å². The van der Waals surface area contributed by atoms with Crippen LogP contribution in [-0.2, 0) is 16.6 Å². The van der Waals surface area contributed by atoms with Gasteiger partial charge in [0, 0.05) is 32.9 Å². The van der Waals surface area contributed by atoms with E-state index in [0.29, 0.717) is 0 Å². The van der Waals surface area contributed by atoms with Gasteiger partial charge in [0.25, 0.3) is 0 Å². The van der Waals surface area contributed by atoms with Crippen LogP contribution in [0.2, 0.25) is 0 Å². The van der Waals surface area contributed by atoms with Crippen molar-refractivity contribution in [2.45, 2.75) is 31.9 Å². The van der Waals surface area contributed by atoms with Gasteiger partial charge >= 0.3 is 0 Å². The summed E-state index contributed by atoms with van der Waals surface area (Å²) in [5.41, 5.74) is 0.903. The predicted molar refractivity (Wildman–Crippen MR) is 75.6 cm³/mol. The second-order valence-electron chi connectivity index (χ2n) is 5.56. The summed E-state index contributed by atoms with van der Waals surface area (Å²) in [5.74, 6) is 0.203. The van der Waals surface area contributed by atoms with E-state index in [4.69, 9.17) is 4.74 Å². The van der Waals surface area contributed by atoms with E-state index in [2.05, 4.69) is 16.9 Å². The van der Waals surface area contributed by atoms with E-state index < -0.39 is 0 Å². The van der Waals surface area contributed by atoms with Crippen molar-refractivity contribution in [1.82, 2.24) is 14.7 Å². The van der Waals surface area contributed by atoms with Crippen molar-refractivity contribution >= 4 is 11.6 Å². The summed E-state index contributed by atoms with van der Waals surface area (Å²) < 4.78 is 7.42. The predicted octanol–water partition coefficient (Wildman–Crippen LogP) is 0.636. The standard InChI is InChI=1S/C14H22N4O2/c1-3-12-10-17(6-7-20-12)13-4-5-18(14(13)19)11-8-15-16(2)9-11/h8-9,12-13H,3-7,10H2,1-2H3. The summed E-state index contributed by atoms with van der Waals surface area (Å²) in [5, 5.41) is 4.15. The molecule has 1 amide bonds. The molecule has 110 valence electrons. The van der Waals surface area contributed by atoms with Crippen molar-refractivity contribution in [3.63, 3.8) is 0 Å². The fraction of sp³-hybridized carbons (Fsp3) is 0.714. The third-order valence-electron chi connectivity index (χ3n) is 4.25.